The van der Waals surface area contributed by atoms with Crippen LogP contribution in [0.3, 0.4) is 0 Å². The Labute approximate surface area is 166 Å². The minimum Gasteiger partial charge on any atom is -0.494 e. The summed E-state index contributed by atoms with van der Waals surface area (Å²) >= 11 is 0. The van der Waals surface area contributed by atoms with E-state index in [1.54, 1.807) is 55.5 Å². The molecule has 8 heteroatoms. The van der Waals surface area contributed by atoms with Gasteiger partial charge in [-0.3, -0.25) is 14.4 Å². The average molecular weight is 395 g/mol. The smallest absolute Gasteiger partial charge is 0.326 e. The summed E-state index contributed by atoms with van der Waals surface area (Å²) in [5.41, 5.74) is 0.602. The Balaban J connectivity index is 1.57. The summed E-state index contributed by atoms with van der Waals surface area (Å²) < 4.78 is 10.6. The van der Waals surface area contributed by atoms with E-state index in [0.717, 1.165) is 0 Å². The van der Waals surface area contributed by atoms with E-state index in [-0.39, 0.29) is 17.9 Å². The molecule has 2 N–H and O–H groups in total. The second-order valence-electron chi connectivity index (χ2n) is 6.24. The Kier molecular flexibility index (Phi) is 6.23. The summed E-state index contributed by atoms with van der Waals surface area (Å²) in [5, 5.41) is 2.96. The number of carbonyl (C=O) groups is 2. The number of nitrogens with one attached hydrogen (secondary N) is 2. The molecule has 1 aromatic heterocycles. The molecule has 3 rings (SSSR count). The van der Waals surface area contributed by atoms with Gasteiger partial charge in [-0.2, -0.15) is 0 Å². The van der Waals surface area contributed by atoms with Crippen molar-refractivity contribution in [1.82, 2.24) is 15.3 Å². The molecule has 1 atom stereocenters. The van der Waals surface area contributed by atoms with Crippen LogP contribution in [0.4, 0.5) is 0 Å². The highest BCUT2D eigenvalue weighted by Crippen LogP contribution is 2.14. The Morgan fingerprint density at radius 3 is 2.59 bits per heavy atom. The highest BCUT2D eigenvalue weighted by Gasteiger charge is 2.16. The number of ether oxygens (including phenoxy) is 2. The number of H-pyrrole nitrogens is 1. The number of benzene rings is 2. The van der Waals surface area contributed by atoms with Gasteiger partial charge < -0.3 is 19.8 Å². The third kappa shape index (κ3) is 4.98. The quantitative estimate of drug-likeness (QED) is 0.594. The molecule has 150 valence electrons. The molecule has 29 heavy (non-hydrogen) atoms. The van der Waals surface area contributed by atoms with Crippen LogP contribution < -0.4 is 15.6 Å². The number of rotatable bonds is 7. The van der Waals surface area contributed by atoms with Gasteiger partial charge in [-0.25, -0.2) is 4.98 Å². The van der Waals surface area contributed by atoms with Crippen LogP contribution in [0, 0.1) is 0 Å². The minimum atomic E-state index is -0.776. The van der Waals surface area contributed by atoms with Crippen LogP contribution in [0.25, 0.3) is 10.9 Å². The fourth-order valence-corrected chi connectivity index (χ4v) is 2.72. The van der Waals surface area contributed by atoms with Crippen LogP contribution >= 0.6 is 0 Å². The van der Waals surface area contributed by atoms with Crippen molar-refractivity contribution in [3.05, 3.63) is 70.3 Å². The maximum Gasteiger partial charge on any atom is 0.326 e. The molecule has 3 aromatic rings. The third-order valence-electron chi connectivity index (χ3n) is 4.15. The van der Waals surface area contributed by atoms with E-state index in [9.17, 15) is 14.4 Å². The standard InChI is InChI=1S/C21H21N3O5/c1-3-28-15-10-8-14(9-11-15)20(26)22-12-18(25)29-13(2)19-23-17-7-5-4-6-16(17)21(27)24-19/h4-11,13H,3,12H2,1-2H3,(H,22,26)(H,23,24,27)/t13-/m1/s1. The predicted octanol–water partition coefficient (Wildman–Crippen LogP) is 2.36. The van der Waals surface area contributed by atoms with Crippen molar-refractivity contribution in [2.24, 2.45) is 0 Å². The first-order chi connectivity index (χ1) is 14.0. The van der Waals surface area contributed by atoms with Crippen LogP contribution in [0.2, 0.25) is 0 Å². The number of aromatic nitrogens is 2. The Bertz CT molecular complexity index is 1080. The lowest BCUT2D eigenvalue weighted by Crippen LogP contribution is -2.31. The van der Waals surface area contributed by atoms with Gasteiger partial charge in [-0.15, -0.1) is 0 Å². The first kappa shape index (κ1) is 20.1. The molecule has 0 bridgehead atoms. The molecule has 1 heterocycles. The molecular formula is C21H21N3O5. The molecule has 0 radical (unpaired) electrons. The largest absolute Gasteiger partial charge is 0.494 e. The molecule has 2 aromatic carbocycles. The fourth-order valence-electron chi connectivity index (χ4n) is 2.72. The van der Waals surface area contributed by atoms with Gasteiger partial charge in [-0.05, 0) is 50.2 Å². The van der Waals surface area contributed by atoms with Crippen molar-refractivity contribution < 1.29 is 19.1 Å². The lowest BCUT2D eigenvalue weighted by atomic mass is 10.2. The number of nitrogens with zero attached hydrogens (tertiary/aromatic N) is 1. The number of hydrogen-bond acceptors (Lipinski definition) is 6. The zero-order valence-corrected chi connectivity index (χ0v) is 16.1. The Hall–Kier alpha value is -3.68. The summed E-state index contributed by atoms with van der Waals surface area (Å²) in [4.78, 5) is 43.3. The van der Waals surface area contributed by atoms with Crippen LogP contribution in [-0.4, -0.2) is 35.0 Å². The second kappa shape index (κ2) is 9.01. The van der Waals surface area contributed by atoms with Gasteiger partial charge in [0.1, 0.15) is 12.3 Å². The van der Waals surface area contributed by atoms with Crippen LogP contribution in [0.15, 0.2) is 53.3 Å². The van der Waals surface area contributed by atoms with Crippen molar-refractivity contribution in [3.63, 3.8) is 0 Å². The molecule has 8 nitrogen and oxygen atoms in total. The van der Waals surface area contributed by atoms with E-state index in [1.165, 1.54) is 0 Å². The number of esters is 1. The van der Waals surface area contributed by atoms with E-state index in [4.69, 9.17) is 9.47 Å². The van der Waals surface area contributed by atoms with Gasteiger partial charge in [0.2, 0.25) is 0 Å². The van der Waals surface area contributed by atoms with Crippen molar-refractivity contribution >= 4 is 22.8 Å². The number of aromatic amines is 1. The van der Waals surface area contributed by atoms with Crippen LogP contribution in [0.1, 0.15) is 36.1 Å². The molecule has 0 aliphatic heterocycles. The summed E-state index contributed by atoms with van der Waals surface area (Å²) in [5.74, 6) is -0.156. The Morgan fingerprint density at radius 2 is 1.86 bits per heavy atom. The molecule has 1 amide bonds. The first-order valence-electron chi connectivity index (χ1n) is 9.17. The molecule has 0 saturated heterocycles. The maximum atomic E-state index is 12.1. The van der Waals surface area contributed by atoms with Crippen molar-refractivity contribution in [2.75, 3.05) is 13.2 Å². The first-order valence-corrected chi connectivity index (χ1v) is 9.17. The molecule has 0 aliphatic carbocycles. The average Bonchev–Trinajstić information content (AvgIpc) is 2.72. The fraction of sp³-hybridized carbons (Fsp3) is 0.238. The van der Waals surface area contributed by atoms with Gasteiger partial charge in [0.05, 0.1) is 17.5 Å². The lowest BCUT2D eigenvalue weighted by Gasteiger charge is -2.13. The van der Waals surface area contributed by atoms with Gasteiger partial charge in [0.25, 0.3) is 11.5 Å². The normalized spacial score (nSPS) is 11.7. The minimum absolute atomic E-state index is 0.236. The number of carbonyl (C=O) groups excluding carboxylic acids is 2. The predicted molar refractivity (Wildman–Crippen MR) is 107 cm³/mol. The van der Waals surface area contributed by atoms with Crippen LogP contribution in [-0.2, 0) is 9.53 Å². The molecular weight excluding hydrogens is 374 g/mol. The summed E-state index contributed by atoms with van der Waals surface area (Å²) in [6, 6.07) is 13.5. The number of hydrogen-bond donors (Lipinski definition) is 2. The summed E-state index contributed by atoms with van der Waals surface area (Å²) in [6.45, 7) is 3.69. The zero-order valence-electron chi connectivity index (χ0n) is 16.1. The van der Waals surface area contributed by atoms with Crippen LogP contribution in [0.5, 0.6) is 5.75 Å². The van der Waals surface area contributed by atoms with Crippen molar-refractivity contribution in [2.45, 2.75) is 20.0 Å². The number of para-hydroxylation sites is 1. The highest BCUT2D eigenvalue weighted by atomic mass is 16.5. The van der Waals surface area contributed by atoms with E-state index < -0.39 is 18.0 Å². The third-order valence-corrected chi connectivity index (χ3v) is 4.15. The lowest BCUT2D eigenvalue weighted by molar-refractivity contribution is -0.147. The monoisotopic (exact) mass is 395 g/mol. The van der Waals surface area contributed by atoms with Gasteiger partial charge in [-0.1, -0.05) is 12.1 Å². The Morgan fingerprint density at radius 1 is 1.14 bits per heavy atom. The van der Waals surface area contributed by atoms with E-state index in [1.807, 2.05) is 6.92 Å². The second-order valence-corrected chi connectivity index (χ2v) is 6.24. The molecule has 0 spiro atoms. The van der Waals surface area contributed by atoms with E-state index in [0.29, 0.717) is 28.8 Å². The molecule has 0 unspecified atom stereocenters. The number of amides is 1. The van der Waals surface area contributed by atoms with E-state index >= 15 is 0 Å². The SMILES string of the molecule is CCOc1ccc(C(=O)NCC(=O)O[C@H](C)c2nc3ccccc3c(=O)[nH]2)cc1. The topological polar surface area (TPSA) is 110 Å². The molecule has 0 fully saturated rings. The van der Waals surface area contributed by atoms with Crippen molar-refractivity contribution in [3.8, 4) is 5.75 Å². The molecule has 0 saturated carbocycles. The van der Waals surface area contributed by atoms with Crippen molar-refractivity contribution in [1.29, 1.82) is 0 Å². The summed E-state index contributed by atoms with van der Waals surface area (Å²) in [6.07, 6.45) is -0.776. The highest BCUT2D eigenvalue weighted by molar-refractivity contribution is 5.96. The maximum absolute atomic E-state index is 12.1. The molecule has 0 aliphatic rings. The van der Waals surface area contributed by atoms with Gasteiger partial charge in [0, 0.05) is 5.56 Å². The number of fused-ring (bicyclic) bond motifs is 1. The van der Waals surface area contributed by atoms with Gasteiger partial charge in [0.15, 0.2) is 11.9 Å². The summed E-state index contributed by atoms with van der Waals surface area (Å²) in [7, 11) is 0. The van der Waals surface area contributed by atoms with Gasteiger partial charge >= 0.3 is 5.97 Å². The zero-order chi connectivity index (χ0) is 20.8. The van der Waals surface area contributed by atoms with E-state index in [2.05, 4.69) is 15.3 Å².